The van der Waals surface area contributed by atoms with Crippen LogP contribution in [0.4, 0.5) is 5.69 Å². The Kier molecular flexibility index (Phi) is 1.95. The van der Waals surface area contributed by atoms with Crippen molar-refractivity contribution in [2.24, 2.45) is 0 Å². The molecule has 2 N–H and O–H groups in total. The highest BCUT2D eigenvalue weighted by Gasteiger charge is 2.35. The number of carboxylic acids is 1. The maximum absolute atomic E-state index is 11.0. The van der Waals surface area contributed by atoms with Crippen molar-refractivity contribution in [3.8, 4) is 0 Å². The van der Waals surface area contributed by atoms with Gasteiger partial charge in [0.2, 0.25) is 0 Å². The molecular formula is C11H13NO2. The van der Waals surface area contributed by atoms with Crippen LogP contribution in [0.15, 0.2) is 24.3 Å². The van der Waals surface area contributed by atoms with Gasteiger partial charge in [0.05, 0.1) is 0 Å². The first-order valence-corrected chi connectivity index (χ1v) is 4.71. The first kappa shape index (κ1) is 9.06. The molecule has 74 valence electrons. The van der Waals surface area contributed by atoms with Crippen LogP contribution in [-0.2, 0) is 11.2 Å². The monoisotopic (exact) mass is 191 g/mol. The van der Waals surface area contributed by atoms with Gasteiger partial charge in [-0.05, 0) is 31.4 Å². The number of carboxylic acid groups (broad SMARTS) is 1. The van der Waals surface area contributed by atoms with E-state index in [-0.39, 0.29) is 0 Å². The van der Waals surface area contributed by atoms with Crippen LogP contribution in [0, 0.1) is 0 Å². The molecule has 1 heterocycles. The second-order valence-corrected chi connectivity index (χ2v) is 3.92. The van der Waals surface area contributed by atoms with Crippen molar-refractivity contribution in [2.75, 3.05) is 5.32 Å². The van der Waals surface area contributed by atoms with Crippen molar-refractivity contribution < 1.29 is 9.90 Å². The molecule has 0 aromatic heterocycles. The molecule has 0 aliphatic carbocycles. The number of benzene rings is 1. The lowest BCUT2D eigenvalue weighted by Crippen LogP contribution is -2.46. The lowest BCUT2D eigenvalue weighted by molar-refractivity contribution is -0.142. The molecular weight excluding hydrogens is 178 g/mol. The van der Waals surface area contributed by atoms with Gasteiger partial charge in [-0.3, -0.25) is 0 Å². The minimum absolute atomic E-state index is 0.638. The molecule has 0 saturated heterocycles. The number of aryl methyl sites for hydroxylation is 1. The highest BCUT2D eigenvalue weighted by Crippen LogP contribution is 2.30. The minimum atomic E-state index is -0.811. The highest BCUT2D eigenvalue weighted by atomic mass is 16.4. The summed E-state index contributed by atoms with van der Waals surface area (Å²) in [6.07, 6.45) is 1.46. The predicted molar refractivity (Wildman–Crippen MR) is 54.4 cm³/mol. The molecule has 0 saturated carbocycles. The zero-order chi connectivity index (χ0) is 10.2. The van der Waals surface area contributed by atoms with Gasteiger partial charge in [0.15, 0.2) is 0 Å². The van der Waals surface area contributed by atoms with E-state index in [2.05, 4.69) is 5.32 Å². The SMILES string of the molecule is CC1(C(=O)O)CCc2ccccc2N1. The maximum Gasteiger partial charge on any atom is 0.329 e. The van der Waals surface area contributed by atoms with Crippen molar-refractivity contribution in [3.63, 3.8) is 0 Å². The second-order valence-electron chi connectivity index (χ2n) is 3.92. The Morgan fingerprint density at radius 2 is 2.21 bits per heavy atom. The van der Waals surface area contributed by atoms with Crippen molar-refractivity contribution >= 4 is 11.7 Å². The largest absolute Gasteiger partial charge is 0.480 e. The van der Waals surface area contributed by atoms with Gasteiger partial charge in [0.1, 0.15) is 5.54 Å². The Morgan fingerprint density at radius 1 is 1.50 bits per heavy atom. The minimum Gasteiger partial charge on any atom is -0.480 e. The van der Waals surface area contributed by atoms with E-state index in [0.29, 0.717) is 6.42 Å². The van der Waals surface area contributed by atoms with Crippen LogP contribution in [0.3, 0.4) is 0 Å². The molecule has 0 fully saturated rings. The quantitative estimate of drug-likeness (QED) is 0.712. The number of carbonyl (C=O) groups is 1. The molecule has 0 radical (unpaired) electrons. The van der Waals surface area contributed by atoms with Crippen LogP contribution >= 0.6 is 0 Å². The Balaban J connectivity index is 2.34. The first-order valence-electron chi connectivity index (χ1n) is 4.71. The average Bonchev–Trinajstić information content (AvgIpc) is 2.17. The normalized spacial score (nSPS) is 24.9. The fourth-order valence-electron chi connectivity index (χ4n) is 1.77. The molecule has 14 heavy (non-hydrogen) atoms. The van der Waals surface area contributed by atoms with E-state index in [1.807, 2.05) is 24.3 Å². The van der Waals surface area contributed by atoms with Crippen LogP contribution in [0.5, 0.6) is 0 Å². The average molecular weight is 191 g/mol. The van der Waals surface area contributed by atoms with Crippen LogP contribution in [0.1, 0.15) is 18.9 Å². The van der Waals surface area contributed by atoms with E-state index in [0.717, 1.165) is 12.1 Å². The van der Waals surface area contributed by atoms with E-state index in [4.69, 9.17) is 5.11 Å². The van der Waals surface area contributed by atoms with Gasteiger partial charge in [0, 0.05) is 5.69 Å². The lowest BCUT2D eigenvalue weighted by Gasteiger charge is -2.33. The van der Waals surface area contributed by atoms with Gasteiger partial charge in [-0.25, -0.2) is 4.79 Å². The summed E-state index contributed by atoms with van der Waals surface area (Å²) < 4.78 is 0. The molecule has 1 atom stereocenters. The molecule has 2 rings (SSSR count). The van der Waals surface area contributed by atoms with Crippen molar-refractivity contribution in [1.82, 2.24) is 0 Å². The summed E-state index contributed by atoms with van der Waals surface area (Å²) in [5.74, 6) is -0.785. The number of fused-ring (bicyclic) bond motifs is 1. The van der Waals surface area contributed by atoms with Crippen LogP contribution in [-0.4, -0.2) is 16.6 Å². The zero-order valence-electron chi connectivity index (χ0n) is 8.08. The summed E-state index contributed by atoms with van der Waals surface area (Å²) in [4.78, 5) is 11.0. The van der Waals surface area contributed by atoms with Gasteiger partial charge in [-0.2, -0.15) is 0 Å². The smallest absolute Gasteiger partial charge is 0.329 e. The zero-order valence-corrected chi connectivity index (χ0v) is 8.08. The fraction of sp³-hybridized carbons (Fsp3) is 0.364. The topological polar surface area (TPSA) is 49.3 Å². The van der Waals surface area contributed by atoms with E-state index >= 15 is 0 Å². The molecule has 1 aliphatic rings. The predicted octanol–water partition coefficient (Wildman–Crippen LogP) is 1.89. The summed E-state index contributed by atoms with van der Waals surface area (Å²) >= 11 is 0. The summed E-state index contributed by atoms with van der Waals surface area (Å²) in [6.45, 7) is 1.73. The van der Waals surface area contributed by atoms with Gasteiger partial charge in [-0.15, -0.1) is 0 Å². The second kappa shape index (κ2) is 3.01. The van der Waals surface area contributed by atoms with E-state index in [1.54, 1.807) is 6.92 Å². The Labute approximate surface area is 82.8 Å². The van der Waals surface area contributed by atoms with E-state index in [9.17, 15) is 4.79 Å². The fourth-order valence-corrected chi connectivity index (χ4v) is 1.77. The summed E-state index contributed by atoms with van der Waals surface area (Å²) in [7, 11) is 0. The number of aliphatic carboxylic acids is 1. The number of anilines is 1. The lowest BCUT2D eigenvalue weighted by atomic mass is 9.88. The summed E-state index contributed by atoms with van der Waals surface area (Å²) in [5, 5.41) is 12.1. The van der Waals surface area contributed by atoms with Gasteiger partial charge >= 0.3 is 5.97 Å². The third-order valence-electron chi connectivity index (χ3n) is 2.79. The Bertz CT molecular complexity index is 375. The van der Waals surface area contributed by atoms with Gasteiger partial charge < -0.3 is 10.4 Å². The van der Waals surface area contributed by atoms with E-state index < -0.39 is 11.5 Å². The van der Waals surface area contributed by atoms with Gasteiger partial charge in [0.25, 0.3) is 0 Å². The summed E-state index contributed by atoms with van der Waals surface area (Å²) in [5.41, 5.74) is 1.34. The summed E-state index contributed by atoms with van der Waals surface area (Å²) in [6, 6.07) is 7.85. The van der Waals surface area contributed by atoms with Gasteiger partial charge in [-0.1, -0.05) is 18.2 Å². The van der Waals surface area contributed by atoms with Crippen molar-refractivity contribution in [3.05, 3.63) is 29.8 Å². The number of para-hydroxylation sites is 1. The van der Waals surface area contributed by atoms with Crippen LogP contribution in [0.25, 0.3) is 0 Å². The molecule has 1 aromatic carbocycles. The molecule has 0 spiro atoms. The molecule has 0 amide bonds. The number of nitrogens with one attached hydrogen (secondary N) is 1. The number of hydrogen-bond acceptors (Lipinski definition) is 2. The number of rotatable bonds is 1. The maximum atomic E-state index is 11.0. The van der Waals surface area contributed by atoms with Crippen LogP contribution < -0.4 is 5.32 Å². The first-order chi connectivity index (χ1) is 6.62. The molecule has 1 unspecified atom stereocenters. The highest BCUT2D eigenvalue weighted by molar-refractivity contribution is 5.83. The van der Waals surface area contributed by atoms with Crippen molar-refractivity contribution in [2.45, 2.75) is 25.3 Å². The number of hydrogen-bond donors (Lipinski definition) is 2. The third kappa shape index (κ3) is 1.35. The Morgan fingerprint density at radius 3 is 2.93 bits per heavy atom. The molecule has 3 nitrogen and oxygen atoms in total. The molecule has 0 bridgehead atoms. The molecule has 1 aromatic rings. The standard InChI is InChI=1S/C11H13NO2/c1-11(10(13)14)7-6-8-4-2-3-5-9(8)12-11/h2-5,12H,6-7H2,1H3,(H,13,14). The van der Waals surface area contributed by atoms with Crippen molar-refractivity contribution in [1.29, 1.82) is 0 Å². The Hall–Kier alpha value is -1.51. The third-order valence-corrected chi connectivity index (χ3v) is 2.79. The molecule has 3 heteroatoms. The van der Waals surface area contributed by atoms with E-state index in [1.165, 1.54) is 5.56 Å². The van der Waals surface area contributed by atoms with Crippen LogP contribution in [0.2, 0.25) is 0 Å². The molecule has 1 aliphatic heterocycles.